The molecule has 4 rings (SSSR count). The Morgan fingerprint density at radius 2 is 1.68 bits per heavy atom. The fourth-order valence-corrected chi connectivity index (χ4v) is 3.86. The molecule has 9 heteroatoms. The van der Waals surface area contributed by atoms with Crippen molar-refractivity contribution in [2.45, 2.75) is 18.9 Å². The van der Waals surface area contributed by atoms with Gasteiger partial charge in [0.1, 0.15) is 0 Å². The van der Waals surface area contributed by atoms with Crippen LogP contribution in [-0.2, 0) is 0 Å². The zero-order valence-electron chi connectivity index (χ0n) is 19.2. The number of nitrogens with one attached hydrogen (secondary N) is 2. The average molecular weight is 479 g/mol. The van der Waals surface area contributed by atoms with E-state index in [1.54, 1.807) is 32.4 Å². The number of carbonyl (C=O) groups excluding carboxylic acids is 2. The van der Waals surface area contributed by atoms with Crippen LogP contribution in [0.2, 0.25) is 5.02 Å². The molecule has 0 atom stereocenters. The number of urea groups is 1. The largest absolute Gasteiger partial charge is 0.338 e. The van der Waals surface area contributed by atoms with Gasteiger partial charge in [-0.05, 0) is 55.3 Å². The number of aromatic nitrogens is 2. The Kier molecular flexibility index (Phi) is 7.27. The van der Waals surface area contributed by atoms with Gasteiger partial charge in [-0.1, -0.05) is 23.7 Å². The number of benzene rings is 2. The normalized spacial score (nSPS) is 13.9. The molecule has 1 aromatic heterocycles. The first-order valence-electron chi connectivity index (χ1n) is 11.1. The van der Waals surface area contributed by atoms with E-state index in [1.165, 1.54) is 4.90 Å². The molecule has 2 N–H and O–H groups in total. The summed E-state index contributed by atoms with van der Waals surface area (Å²) in [5.41, 5.74) is 3.14. The first-order valence-corrected chi connectivity index (χ1v) is 11.5. The summed E-state index contributed by atoms with van der Waals surface area (Å²) in [4.78, 5) is 36.9. The highest BCUT2D eigenvalue weighted by atomic mass is 35.5. The standard InChI is InChI=1S/C25H27ClN6O2/c1-31(2)25(34)29-21-12-15-32(16-13-21)23(33)18-5-9-20(10-6-18)28-24-27-14-11-22(30-24)17-3-7-19(26)8-4-17/h3-11,14,21H,12-13,15-16H2,1-2H3,(H,29,34)(H,27,28,30). The van der Waals surface area contributed by atoms with Crippen LogP contribution < -0.4 is 10.6 Å². The second-order valence-electron chi connectivity index (χ2n) is 8.39. The summed E-state index contributed by atoms with van der Waals surface area (Å²) in [6.07, 6.45) is 3.18. The van der Waals surface area contributed by atoms with E-state index in [-0.39, 0.29) is 18.0 Å². The van der Waals surface area contributed by atoms with Crippen molar-refractivity contribution in [1.29, 1.82) is 0 Å². The Labute approximate surface area is 204 Å². The molecule has 1 saturated heterocycles. The highest BCUT2D eigenvalue weighted by Crippen LogP contribution is 2.22. The Morgan fingerprint density at radius 3 is 2.32 bits per heavy atom. The van der Waals surface area contributed by atoms with Crippen LogP contribution in [0.1, 0.15) is 23.2 Å². The predicted molar refractivity (Wildman–Crippen MR) is 133 cm³/mol. The first kappa shape index (κ1) is 23.5. The van der Waals surface area contributed by atoms with Crippen LogP contribution in [0.4, 0.5) is 16.4 Å². The zero-order valence-corrected chi connectivity index (χ0v) is 19.9. The number of hydrogen-bond acceptors (Lipinski definition) is 5. The molecule has 3 aromatic rings. The van der Waals surface area contributed by atoms with Gasteiger partial charge in [-0.2, -0.15) is 0 Å². The number of halogens is 1. The molecule has 0 radical (unpaired) electrons. The van der Waals surface area contributed by atoms with Gasteiger partial charge in [-0.15, -0.1) is 0 Å². The van der Waals surface area contributed by atoms with E-state index < -0.39 is 0 Å². The van der Waals surface area contributed by atoms with Crippen molar-refractivity contribution >= 4 is 35.2 Å². The van der Waals surface area contributed by atoms with Crippen LogP contribution in [0, 0.1) is 0 Å². The van der Waals surface area contributed by atoms with Gasteiger partial charge in [-0.25, -0.2) is 14.8 Å². The lowest BCUT2D eigenvalue weighted by Crippen LogP contribution is -2.48. The van der Waals surface area contributed by atoms with Gasteiger partial charge in [-0.3, -0.25) is 4.79 Å². The van der Waals surface area contributed by atoms with Crippen LogP contribution >= 0.6 is 11.6 Å². The highest BCUT2D eigenvalue weighted by molar-refractivity contribution is 6.30. The summed E-state index contributed by atoms with van der Waals surface area (Å²) in [5.74, 6) is 0.457. The van der Waals surface area contributed by atoms with Gasteiger partial charge in [0.25, 0.3) is 5.91 Å². The molecule has 0 spiro atoms. The quantitative estimate of drug-likeness (QED) is 0.566. The third-order valence-electron chi connectivity index (χ3n) is 5.70. The number of piperidine rings is 1. The van der Waals surface area contributed by atoms with Crippen molar-refractivity contribution in [3.63, 3.8) is 0 Å². The molecule has 2 aromatic carbocycles. The van der Waals surface area contributed by atoms with Crippen LogP contribution in [0.25, 0.3) is 11.3 Å². The molecule has 176 valence electrons. The molecule has 1 aliphatic rings. The molecule has 2 heterocycles. The number of amides is 3. The number of rotatable bonds is 5. The summed E-state index contributed by atoms with van der Waals surface area (Å²) < 4.78 is 0. The van der Waals surface area contributed by atoms with Crippen molar-refractivity contribution < 1.29 is 9.59 Å². The minimum absolute atomic E-state index is 0.00933. The van der Waals surface area contributed by atoms with Crippen molar-refractivity contribution in [2.24, 2.45) is 0 Å². The molecule has 3 amide bonds. The zero-order chi connectivity index (χ0) is 24.1. The van der Waals surface area contributed by atoms with Gasteiger partial charge < -0.3 is 20.4 Å². The molecule has 0 unspecified atom stereocenters. The maximum Gasteiger partial charge on any atom is 0.317 e. The van der Waals surface area contributed by atoms with E-state index in [0.717, 1.165) is 29.8 Å². The molecular formula is C25H27ClN6O2. The van der Waals surface area contributed by atoms with Crippen LogP contribution in [0.3, 0.4) is 0 Å². The second kappa shape index (κ2) is 10.5. The Hall–Kier alpha value is -3.65. The number of hydrogen-bond donors (Lipinski definition) is 2. The lowest BCUT2D eigenvalue weighted by Gasteiger charge is -2.33. The summed E-state index contributed by atoms with van der Waals surface area (Å²) in [6, 6.07) is 16.6. The van der Waals surface area contributed by atoms with E-state index in [2.05, 4.69) is 20.6 Å². The van der Waals surface area contributed by atoms with Gasteiger partial charge in [0, 0.05) is 61.3 Å². The van der Waals surface area contributed by atoms with E-state index >= 15 is 0 Å². The van der Waals surface area contributed by atoms with Crippen molar-refractivity contribution in [1.82, 2.24) is 25.1 Å². The molecule has 0 aliphatic carbocycles. The van der Waals surface area contributed by atoms with Crippen molar-refractivity contribution in [3.05, 3.63) is 71.4 Å². The lowest BCUT2D eigenvalue weighted by molar-refractivity contribution is 0.0707. The number of carbonyl (C=O) groups is 2. The molecular weight excluding hydrogens is 452 g/mol. The fraction of sp³-hybridized carbons (Fsp3) is 0.280. The Balaban J connectivity index is 1.35. The van der Waals surface area contributed by atoms with Crippen LogP contribution in [0.15, 0.2) is 60.8 Å². The van der Waals surface area contributed by atoms with Crippen molar-refractivity contribution in [2.75, 3.05) is 32.5 Å². The molecule has 1 fully saturated rings. The highest BCUT2D eigenvalue weighted by Gasteiger charge is 2.25. The van der Waals surface area contributed by atoms with Crippen LogP contribution in [-0.4, -0.2) is 64.9 Å². The summed E-state index contributed by atoms with van der Waals surface area (Å²) in [6.45, 7) is 1.23. The van der Waals surface area contributed by atoms with Crippen LogP contribution in [0.5, 0.6) is 0 Å². The molecule has 0 saturated carbocycles. The summed E-state index contributed by atoms with van der Waals surface area (Å²) >= 11 is 5.97. The fourth-order valence-electron chi connectivity index (χ4n) is 3.74. The Bertz CT molecular complexity index is 1140. The predicted octanol–water partition coefficient (Wildman–Crippen LogP) is 4.42. The molecule has 1 aliphatic heterocycles. The topological polar surface area (TPSA) is 90.5 Å². The van der Waals surface area contributed by atoms with E-state index in [1.807, 2.05) is 47.4 Å². The third kappa shape index (κ3) is 5.82. The minimum Gasteiger partial charge on any atom is -0.338 e. The SMILES string of the molecule is CN(C)C(=O)NC1CCN(C(=O)c2ccc(Nc3nccc(-c4ccc(Cl)cc4)n3)cc2)CC1. The molecule has 8 nitrogen and oxygen atoms in total. The Morgan fingerprint density at radius 1 is 1.00 bits per heavy atom. The average Bonchev–Trinajstić information content (AvgIpc) is 2.85. The molecule has 0 bridgehead atoms. The monoisotopic (exact) mass is 478 g/mol. The lowest BCUT2D eigenvalue weighted by atomic mass is 10.0. The molecule has 34 heavy (non-hydrogen) atoms. The van der Waals surface area contributed by atoms with Gasteiger partial charge in [0.05, 0.1) is 5.69 Å². The third-order valence-corrected chi connectivity index (χ3v) is 5.95. The summed E-state index contributed by atoms with van der Waals surface area (Å²) in [5, 5.41) is 6.85. The van der Waals surface area contributed by atoms with Gasteiger partial charge in [0.2, 0.25) is 5.95 Å². The summed E-state index contributed by atoms with van der Waals surface area (Å²) in [7, 11) is 3.43. The van der Waals surface area contributed by atoms with E-state index in [9.17, 15) is 9.59 Å². The maximum atomic E-state index is 12.9. The van der Waals surface area contributed by atoms with Gasteiger partial charge >= 0.3 is 6.03 Å². The number of anilines is 2. The van der Waals surface area contributed by atoms with E-state index in [4.69, 9.17) is 11.6 Å². The van der Waals surface area contributed by atoms with Crippen molar-refractivity contribution in [3.8, 4) is 11.3 Å². The van der Waals surface area contributed by atoms with Gasteiger partial charge in [0.15, 0.2) is 0 Å². The number of nitrogens with zero attached hydrogens (tertiary/aromatic N) is 4. The minimum atomic E-state index is -0.101. The van der Waals surface area contributed by atoms with E-state index in [0.29, 0.717) is 29.6 Å². The maximum absolute atomic E-state index is 12.9. The second-order valence-corrected chi connectivity index (χ2v) is 8.82. The first-order chi connectivity index (χ1) is 16.4. The smallest absolute Gasteiger partial charge is 0.317 e. The number of likely N-dealkylation sites (tertiary alicyclic amines) is 1.